The van der Waals surface area contributed by atoms with Crippen molar-refractivity contribution in [1.29, 1.82) is 0 Å². The molecule has 0 aliphatic heterocycles. The van der Waals surface area contributed by atoms with E-state index in [4.69, 9.17) is 0 Å². The molecule has 2 unspecified atom stereocenters. The second-order valence-electron chi connectivity index (χ2n) is 6.26. The minimum atomic E-state index is -0.379. The normalized spacial score (nSPS) is 20.4. The third kappa shape index (κ3) is 3.92. The first kappa shape index (κ1) is 16.5. The van der Waals surface area contributed by atoms with E-state index in [0.717, 1.165) is 11.1 Å². The number of phenolic OH excluding ortho intramolecular Hbond substituents is 1. The first-order valence-corrected chi connectivity index (χ1v) is 8.01. The molecule has 0 aromatic heterocycles. The van der Waals surface area contributed by atoms with Crippen LogP contribution in [0.15, 0.2) is 48.5 Å². The van der Waals surface area contributed by atoms with Gasteiger partial charge in [0.15, 0.2) is 0 Å². The summed E-state index contributed by atoms with van der Waals surface area (Å²) < 4.78 is 13.3. The van der Waals surface area contributed by atoms with Gasteiger partial charge in [-0.3, -0.25) is 4.79 Å². The summed E-state index contributed by atoms with van der Waals surface area (Å²) in [6.45, 7) is -0.163. The zero-order valence-corrected chi connectivity index (χ0v) is 13.2. The lowest BCUT2D eigenvalue weighted by atomic mass is 10.1. The Morgan fingerprint density at radius 2 is 2.00 bits per heavy atom. The quantitative estimate of drug-likeness (QED) is 0.762. The van der Waals surface area contributed by atoms with Crippen molar-refractivity contribution in [2.45, 2.75) is 24.8 Å². The van der Waals surface area contributed by atoms with E-state index in [0.29, 0.717) is 12.8 Å². The van der Waals surface area contributed by atoms with Crippen molar-refractivity contribution in [3.63, 3.8) is 0 Å². The first-order valence-electron chi connectivity index (χ1n) is 8.01. The number of hydrogen-bond donors (Lipinski definition) is 3. The Hall–Kier alpha value is -2.40. The fraction of sp³-hybridized carbons (Fsp3) is 0.316. The van der Waals surface area contributed by atoms with E-state index < -0.39 is 0 Å². The average Bonchev–Trinajstić information content (AvgIpc) is 3.37. The second kappa shape index (κ2) is 7.01. The van der Waals surface area contributed by atoms with Gasteiger partial charge < -0.3 is 15.5 Å². The molecule has 1 saturated carbocycles. The third-order valence-electron chi connectivity index (χ3n) is 4.39. The van der Waals surface area contributed by atoms with Crippen LogP contribution in [0.5, 0.6) is 5.75 Å². The number of rotatable bonds is 6. The van der Waals surface area contributed by atoms with Gasteiger partial charge in [-0.1, -0.05) is 24.3 Å². The standard InChI is InChI=1S/C19H20FNO3/c20-14-3-1-2-13(9-14)17-10-18(17)19(24)21-15(11-22)8-12-4-6-16(23)7-5-12/h1-7,9,15,17-18,22-23H,8,10-11H2,(H,21,24)/t15-,17?,18?/m0/s1. The van der Waals surface area contributed by atoms with Crippen LogP contribution in [0, 0.1) is 11.7 Å². The molecule has 0 bridgehead atoms. The van der Waals surface area contributed by atoms with Crippen LogP contribution in [0.3, 0.4) is 0 Å². The number of aliphatic hydroxyl groups excluding tert-OH is 1. The van der Waals surface area contributed by atoms with Crippen molar-refractivity contribution in [3.05, 3.63) is 65.5 Å². The number of aromatic hydroxyl groups is 1. The van der Waals surface area contributed by atoms with Crippen LogP contribution < -0.4 is 5.32 Å². The molecule has 2 aromatic carbocycles. The van der Waals surface area contributed by atoms with Gasteiger partial charge in [-0.2, -0.15) is 0 Å². The predicted molar refractivity (Wildman–Crippen MR) is 88.1 cm³/mol. The Balaban J connectivity index is 1.56. The van der Waals surface area contributed by atoms with E-state index in [2.05, 4.69) is 5.32 Å². The summed E-state index contributed by atoms with van der Waals surface area (Å²) in [5, 5.41) is 21.6. The summed E-state index contributed by atoms with van der Waals surface area (Å²) in [7, 11) is 0. The fourth-order valence-electron chi connectivity index (χ4n) is 2.98. The number of nitrogens with one attached hydrogen (secondary N) is 1. The van der Waals surface area contributed by atoms with Gasteiger partial charge in [-0.15, -0.1) is 0 Å². The molecule has 3 N–H and O–H groups in total. The lowest BCUT2D eigenvalue weighted by Gasteiger charge is -2.16. The number of carbonyl (C=O) groups excluding carboxylic acids is 1. The molecular weight excluding hydrogens is 309 g/mol. The minimum Gasteiger partial charge on any atom is -0.508 e. The van der Waals surface area contributed by atoms with Gasteiger partial charge in [-0.05, 0) is 54.2 Å². The number of amides is 1. The van der Waals surface area contributed by atoms with E-state index in [1.54, 1.807) is 30.3 Å². The first-order chi connectivity index (χ1) is 11.6. The molecule has 3 atom stereocenters. The van der Waals surface area contributed by atoms with Crippen molar-refractivity contribution < 1.29 is 19.4 Å². The summed E-state index contributed by atoms with van der Waals surface area (Å²) >= 11 is 0. The monoisotopic (exact) mass is 329 g/mol. The smallest absolute Gasteiger partial charge is 0.224 e. The zero-order valence-electron chi connectivity index (χ0n) is 13.2. The maximum absolute atomic E-state index is 13.3. The highest BCUT2D eigenvalue weighted by atomic mass is 19.1. The highest BCUT2D eigenvalue weighted by molar-refractivity contribution is 5.83. The SMILES string of the molecule is O=C(N[C@H](CO)Cc1ccc(O)cc1)C1CC1c1cccc(F)c1. The predicted octanol–water partition coefficient (Wildman–Crippen LogP) is 2.35. The lowest BCUT2D eigenvalue weighted by molar-refractivity contribution is -0.123. The van der Waals surface area contributed by atoms with Gasteiger partial charge in [0.1, 0.15) is 11.6 Å². The van der Waals surface area contributed by atoms with Gasteiger partial charge in [-0.25, -0.2) is 4.39 Å². The zero-order chi connectivity index (χ0) is 17.1. The van der Waals surface area contributed by atoms with E-state index in [1.807, 2.05) is 6.07 Å². The summed E-state index contributed by atoms with van der Waals surface area (Å²) in [5.41, 5.74) is 1.76. The molecule has 4 nitrogen and oxygen atoms in total. The number of aliphatic hydroxyl groups is 1. The number of carbonyl (C=O) groups is 1. The molecule has 0 heterocycles. The summed E-state index contributed by atoms with van der Waals surface area (Å²) in [5.74, 6) is -0.338. The van der Waals surface area contributed by atoms with Gasteiger partial charge >= 0.3 is 0 Å². The maximum Gasteiger partial charge on any atom is 0.224 e. The molecule has 1 amide bonds. The summed E-state index contributed by atoms with van der Waals surface area (Å²) in [6, 6.07) is 12.6. The molecule has 0 spiro atoms. The Morgan fingerprint density at radius 1 is 1.25 bits per heavy atom. The number of hydrogen-bond acceptors (Lipinski definition) is 3. The van der Waals surface area contributed by atoms with E-state index >= 15 is 0 Å². The third-order valence-corrected chi connectivity index (χ3v) is 4.39. The Kier molecular flexibility index (Phi) is 4.81. The van der Waals surface area contributed by atoms with E-state index in [1.165, 1.54) is 12.1 Å². The van der Waals surface area contributed by atoms with E-state index in [9.17, 15) is 19.4 Å². The topological polar surface area (TPSA) is 69.6 Å². The van der Waals surface area contributed by atoms with Crippen LogP contribution in [-0.2, 0) is 11.2 Å². The van der Waals surface area contributed by atoms with Gasteiger partial charge in [0.05, 0.1) is 12.6 Å². The van der Waals surface area contributed by atoms with Gasteiger partial charge in [0.25, 0.3) is 0 Å². The lowest BCUT2D eigenvalue weighted by Crippen LogP contribution is -2.40. The molecule has 1 fully saturated rings. The molecule has 3 rings (SSSR count). The molecule has 2 aromatic rings. The molecule has 0 saturated heterocycles. The van der Waals surface area contributed by atoms with Crippen LogP contribution in [0.25, 0.3) is 0 Å². The Labute approximate surface area is 140 Å². The van der Waals surface area contributed by atoms with E-state index in [-0.39, 0.29) is 42.0 Å². The van der Waals surface area contributed by atoms with Crippen molar-refractivity contribution in [1.82, 2.24) is 5.32 Å². The number of phenols is 1. The van der Waals surface area contributed by atoms with Crippen LogP contribution in [0.1, 0.15) is 23.5 Å². The number of benzene rings is 2. The Morgan fingerprint density at radius 3 is 2.67 bits per heavy atom. The molecule has 24 heavy (non-hydrogen) atoms. The maximum atomic E-state index is 13.3. The largest absolute Gasteiger partial charge is 0.508 e. The number of halogens is 1. The molecular formula is C19H20FNO3. The summed E-state index contributed by atoms with van der Waals surface area (Å²) in [4.78, 5) is 12.3. The fourth-order valence-corrected chi connectivity index (χ4v) is 2.98. The van der Waals surface area contributed by atoms with Crippen LogP contribution >= 0.6 is 0 Å². The van der Waals surface area contributed by atoms with Gasteiger partial charge in [0, 0.05) is 5.92 Å². The molecule has 0 radical (unpaired) electrons. The van der Waals surface area contributed by atoms with Crippen LogP contribution in [0.2, 0.25) is 0 Å². The highest BCUT2D eigenvalue weighted by Gasteiger charge is 2.44. The van der Waals surface area contributed by atoms with Gasteiger partial charge in [0.2, 0.25) is 5.91 Å². The van der Waals surface area contributed by atoms with Crippen LogP contribution in [-0.4, -0.2) is 28.8 Å². The molecule has 1 aliphatic rings. The van der Waals surface area contributed by atoms with Crippen molar-refractivity contribution >= 4 is 5.91 Å². The molecule has 126 valence electrons. The molecule has 5 heteroatoms. The average molecular weight is 329 g/mol. The summed E-state index contributed by atoms with van der Waals surface area (Å²) in [6.07, 6.45) is 1.19. The highest BCUT2D eigenvalue weighted by Crippen LogP contribution is 2.47. The second-order valence-corrected chi connectivity index (χ2v) is 6.26. The minimum absolute atomic E-state index is 0.0497. The van der Waals surface area contributed by atoms with Crippen molar-refractivity contribution in [3.8, 4) is 5.75 Å². The van der Waals surface area contributed by atoms with Crippen LogP contribution in [0.4, 0.5) is 4.39 Å². The Bertz CT molecular complexity index is 717. The molecule has 1 aliphatic carbocycles. The van der Waals surface area contributed by atoms with Crippen molar-refractivity contribution in [2.24, 2.45) is 5.92 Å². The van der Waals surface area contributed by atoms with Crippen molar-refractivity contribution in [2.75, 3.05) is 6.61 Å².